The fourth-order valence-electron chi connectivity index (χ4n) is 3.20. The Morgan fingerprint density at radius 1 is 0.913 bits per heavy atom. The van der Waals surface area contributed by atoms with Crippen molar-refractivity contribution < 1.29 is 9.59 Å². The Morgan fingerprint density at radius 2 is 1.57 bits per heavy atom. The van der Waals surface area contributed by atoms with Crippen molar-refractivity contribution in [3.8, 4) is 0 Å². The maximum atomic E-state index is 11.8. The number of urea groups is 1. The van der Waals surface area contributed by atoms with Crippen LogP contribution in [0.1, 0.15) is 57.8 Å². The molecule has 134 valence electrons. The molecule has 0 aromatic heterocycles. The zero-order valence-corrected chi connectivity index (χ0v) is 14.7. The van der Waals surface area contributed by atoms with Crippen molar-refractivity contribution >= 4 is 24.3 Å². The minimum absolute atomic E-state index is 0. The molecule has 7 heteroatoms. The van der Waals surface area contributed by atoms with Crippen LogP contribution in [0.2, 0.25) is 0 Å². The Hall–Kier alpha value is -1.01. The van der Waals surface area contributed by atoms with Crippen LogP contribution in [0.4, 0.5) is 4.79 Å². The highest BCUT2D eigenvalue weighted by Crippen LogP contribution is 2.17. The molecule has 0 spiro atoms. The Balaban J connectivity index is 0.00000264. The van der Waals surface area contributed by atoms with Crippen LogP contribution in [0.15, 0.2) is 0 Å². The molecule has 0 radical (unpaired) electrons. The molecule has 1 aliphatic carbocycles. The maximum Gasteiger partial charge on any atom is 0.315 e. The first-order valence-electron chi connectivity index (χ1n) is 8.78. The largest absolute Gasteiger partial charge is 0.353 e. The fraction of sp³-hybridized carbons (Fsp3) is 0.875. The van der Waals surface area contributed by atoms with Gasteiger partial charge < -0.3 is 21.3 Å². The molecule has 1 saturated carbocycles. The topological polar surface area (TPSA) is 82.3 Å². The van der Waals surface area contributed by atoms with Crippen LogP contribution < -0.4 is 21.3 Å². The first-order valence-corrected chi connectivity index (χ1v) is 8.78. The first-order chi connectivity index (χ1) is 10.7. The third-order valence-electron chi connectivity index (χ3n) is 4.51. The number of carbonyl (C=O) groups excluding carboxylic acids is 2. The summed E-state index contributed by atoms with van der Waals surface area (Å²) in [5.74, 6) is 0.0985. The molecule has 2 fully saturated rings. The summed E-state index contributed by atoms with van der Waals surface area (Å²) in [4.78, 5) is 23.6. The van der Waals surface area contributed by atoms with Crippen LogP contribution in [0.25, 0.3) is 0 Å². The van der Waals surface area contributed by atoms with Crippen LogP contribution in [0.3, 0.4) is 0 Å². The molecule has 1 saturated heterocycles. The van der Waals surface area contributed by atoms with E-state index in [4.69, 9.17) is 0 Å². The fourth-order valence-corrected chi connectivity index (χ4v) is 3.20. The summed E-state index contributed by atoms with van der Waals surface area (Å²) in [7, 11) is 0. The molecule has 1 heterocycles. The van der Waals surface area contributed by atoms with E-state index in [2.05, 4.69) is 21.3 Å². The van der Waals surface area contributed by atoms with Crippen molar-refractivity contribution in [2.45, 2.75) is 69.9 Å². The predicted molar refractivity (Wildman–Crippen MR) is 93.9 cm³/mol. The molecule has 2 aliphatic rings. The van der Waals surface area contributed by atoms with E-state index in [1.807, 2.05) is 0 Å². The summed E-state index contributed by atoms with van der Waals surface area (Å²) in [5.41, 5.74) is 0. The van der Waals surface area contributed by atoms with Gasteiger partial charge in [0.15, 0.2) is 0 Å². The standard InChI is InChI=1S/C16H30N4O2.ClH/c21-15(19-14-8-11-17-12-9-14)7-4-10-18-16(22)20-13-5-2-1-3-6-13;/h13-14,17H,1-12H2,(H,19,21)(H2,18,20,22);1H. The lowest BCUT2D eigenvalue weighted by Crippen LogP contribution is -2.44. The van der Waals surface area contributed by atoms with Gasteiger partial charge >= 0.3 is 6.03 Å². The number of hydrogen-bond donors (Lipinski definition) is 4. The molecule has 23 heavy (non-hydrogen) atoms. The second kappa shape index (κ2) is 11.5. The van der Waals surface area contributed by atoms with E-state index < -0.39 is 0 Å². The highest BCUT2D eigenvalue weighted by molar-refractivity contribution is 5.85. The lowest BCUT2D eigenvalue weighted by Gasteiger charge is -2.24. The molecule has 0 bridgehead atoms. The normalized spacial score (nSPS) is 19.5. The van der Waals surface area contributed by atoms with Gasteiger partial charge in [0.1, 0.15) is 0 Å². The van der Waals surface area contributed by atoms with Crippen molar-refractivity contribution in [1.29, 1.82) is 0 Å². The van der Waals surface area contributed by atoms with Crippen LogP contribution in [0.5, 0.6) is 0 Å². The summed E-state index contributed by atoms with van der Waals surface area (Å²) in [6, 6.07) is 0.555. The van der Waals surface area contributed by atoms with Gasteiger partial charge in [0.05, 0.1) is 0 Å². The maximum absolute atomic E-state index is 11.8. The minimum Gasteiger partial charge on any atom is -0.353 e. The smallest absolute Gasteiger partial charge is 0.315 e. The van der Waals surface area contributed by atoms with E-state index >= 15 is 0 Å². The molecule has 1 aliphatic heterocycles. The van der Waals surface area contributed by atoms with E-state index in [1.54, 1.807) is 0 Å². The lowest BCUT2D eigenvalue weighted by molar-refractivity contribution is -0.122. The summed E-state index contributed by atoms with van der Waals surface area (Å²) < 4.78 is 0. The Kier molecular flexibility index (Phi) is 10.0. The molecule has 0 unspecified atom stereocenters. The van der Waals surface area contributed by atoms with E-state index in [0.29, 0.717) is 31.5 Å². The van der Waals surface area contributed by atoms with Gasteiger partial charge in [-0.15, -0.1) is 12.4 Å². The van der Waals surface area contributed by atoms with Crippen molar-refractivity contribution in [3.05, 3.63) is 0 Å². The Labute approximate surface area is 145 Å². The van der Waals surface area contributed by atoms with Crippen LogP contribution in [-0.2, 0) is 4.79 Å². The van der Waals surface area contributed by atoms with Crippen molar-refractivity contribution in [2.24, 2.45) is 0 Å². The highest BCUT2D eigenvalue weighted by atomic mass is 35.5. The Bertz CT molecular complexity index is 322. The number of halogens is 1. The monoisotopic (exact) mass is 346 g/mol. The van der Waals surface area contributed by atoms with Gasteiger partial charge in [-0.1, -0.05) is 19.3 Å². The van der Waals surface area contributed by atoms with E-state index in [-0.39, 0.29) is 24.3 Å². The third kappa shape index (κ3) is 8.42. The zero-order chi connectivity index (χ0) is 15.6. The average Bonchev–Trinajstić information content (AvgIpc) is 2.53. The quantitative estimate of drug-likeness (QED) is 0.552. The van der Waals surface area contributed by atoms with Crippen LogP contribution in [0, 0.1) is 0 Å². The van der Waals surface area contributed by atoms with Gasteiger partial charge in [-0.05, 0) is 45.2 Å². The lowest BCUT2D eigenvalue weighted by atomic mass is 9.96. The van der Waals surface area contributed by atoms with Gasteiger partial charge in [0, 0.05) is 25.0 Å². The van der Waals surface area contributed by atoms with Crippen molar-refractivity contribution in [1.82, 2.24) is 21.3 Å². The minimum atomic E-state index is -0.0920. The first kappa shape index (κ1) is 20.0. The molecule has 3 amide bonds. The molecular formula is C16H31ClN4O2. The number of amides is 3. The van der Waals surface area contributed by atoms with E-state index in [1.165, 1.54) is 19.3 Å². The molecule has 2 rings (SSSR count). The van der Waals surface area contributed by atoms with Gasteiger partial charge in [-0.2, -0.15) is 0 Å². The Morgan fingerprint density at radius 3 is 2.26 bits per heavy atom. The third-order valence-corrected chi connectivity index (χ3v) is 4.51. The second-order valence-corrected chi connectivity index (χ2v) is 6.43. The SMILES string of the molecule is Cl.O=C(CCCNC(=O)NC1CCCCC1)NC1CCNCC1. The van der Waals surface area contributed by atoms with Gasteiger partial charge in [0.25, 0.3) is 0 Å². The molecular weight excluding hydrogens is 316 g/mol. The van der Waals surface area contributed by atoms with Crippen molar-refractivity contribution in [2.75, 3.05) is 19.6 Å². The molecule has 6 nitrogen and oxygen atoms in total. The summed E-state index contributed by atoms with van der Waals surface area (Å²) in [6.45, 7) is 2.51. The number of rotatable bonds is 6. The van der Waals surface area contributed by atoms with Gasteiger partial charge in [0.2, 0.25) is 5.91 Å². The number of piperidine rings is 1. The summed E-state index contributed by atoms with van der Waals surface area (Å²) in [5, 5.41) is 12.2. The number of hydrogen-bond acceptors (Lipinski definition) is 3. The van der Waals surface area contributed by atoms with Crippen LogP contribution in [-0.4, -0.2) is 43.7 Å². The number of nitrogens with one attached hydrogen (secondary N) is 4. The molecule has 0 atom stereocenters. The van der Waals surface area contributed by atoms with Gasteiger partial charge in [-0.25, -0.2) is 4.79 Å². The predicted octanol–water partition coefficient (Wildman–Crippen LogP) is 1.69. The molecule has 0 aromatic carbocycles. The average molecular weight is 347 g/mol. The highest BCUT2D eigenvalue weighted by Gasteiger charge is 2.16. The van der Waals surface area contributed by atoms with E-state index in [9.17, 15) is 9.59 Å². The summed E-state index contributed by atoms with van der Waals surface area (Å²) >= 11 is 0. The zero-order valence-electron chi connectivity index (χ0n) is 13.9. The van der Waals surface area contributed by atoms with Crippen molar-refractivity contribution in [3.63, 3.8) is 0 Å². The molecule has 4 N–H and O–H groups in total. The van der Waals surface area contributed by atoms with Crippen LogP contribution >= 0.6 is 12.4 Å². The number of carbonyl (C=O) groups is 2. The van der Waals surface area contributed by atoms with Gasteiger partial charge in [-0.3, -0.25) is 4.79 Å². The summed E-state index contributed by atoms with van der Waals surface area (Å²) in [6.07, 6.45) is 9.07. The second-order valence-electron chi connectivity index (χ2n) is 6.43. The van der Waals surface area contributed by atoms with E-state index in [0.717, 1.165) is 38.8 Å². The molecule has 0 aromatic rings.